The van der Waals surface area contributed by atoms with Gasteiger partial charge in [-0.25, -0.2) is 0 Å². The van der Waals surface area contributed by atoms with Crippen molar-refractivity contribution in [1.82, 2.24) is 9.78 Å². The maximum Gasteiger partial charge on any atom is 0.0624 e. The molecule has 0 aliphatic rings. The van der Waals surface area contributed by atoms with E-state index >= 15 is 0 Å². The van der Waals surface area contributed by atoms with Crippen LogP contribution < -0.4 is 0 Å². The highest BCUT2D eigenvalue weighted by Crippen LogP contribution is 2.06. The first-order chi connectivity index (χ1) is 5.72. The molecule has 0 saturated heterocycles. The number of nitrogens with zero attached hydrogens (tertiary/aromatic N) is 2. The van der Waals surface area contributed by atoms with Crippen LogP contribution in [0, 0.1) is 5.92 Å². The largest absolute Gasteiger partial charge is 0.273 e. The zero-order valence-corrected chi connectivity index (χ0v) is 8.25. The van der Waals surface area contributed by atoms with Crippen LogP contribution in [0.5, 0.6) is 0 Å². The summed E-state index contributed by atoms with van der Waals surface area (Å²) in [4.78, 5) is 0. The molecule has 0 N–H and O–H groups in total. The van der Waals surface area contributed by atoms with Crippen LogP contribution >= 0.6 is 0 Å². The van der Waals surface area contributed by atoms with E-state index in [4.69, 9.17) is 0 Å². The van der Waals surface area contributed by atoms with Crippen LogP contribution in [0.15, 0.2) is 12.3 Å². The molecule has 0 aromatic carbocycles. The van der Waals surface area contributed by atoms with Crippen molar-refractivity contribution in [3.05, 3.63) is 18.0 Å². The van der Waals surface area contributed by atoms with E-state index < -0.39 is 0 Å². The molecule has 0 aliphatic heterocycles. The Labute approximate surface area is 74.6 Å². The Balaban J connectivity index is 2.41. The summed E-state index contributed by atoms with van der Waals surface area (Å²) < 4.78 is 1.98. The number of rotatable bonds is 4. The molecule has 12 heavy (non-hydrogen) atoms. The standard InChI is InChI=1S/C10H18N2/c1-4-12-8-7-10(11-12)6-5-9(2)3/h7-9H,4-6H2,1-3H3. The first-order valence-electron chi connectivity index (χ1n) is 4.74. The quantitative estimate of drug-likeness (QED) is 0.672. The topological polar surface area (TPSA) is 17.8 Å². The van der Waals surface area contributed by atoms with E-state index in [2.05, 4.69) is 38.1 Å². The van der Waals surface area contributed by atoms with Crippen LogP contribution in [-0.4, -0.2) is 9.78 Å². The normalized spacial score (nSPS) is 11.0. The van der Waals surface area contributed by atoms with Gasteiger partial charge in [0.2, 0.25) is 0 Å². The fourth-order valence-electron chi connectivity index (χ4n) is 1.15. The van der Waals surface area contributed by atoms with Gasteiger partial charge < -0.3 is 0 Å². The Kier molecular flexibility index (Phi) is 3.32. The molecule has 0 saturated carbocycles. The molecule has 1 rings (SSSR count). The second-order valence-corrected chi connectivity index (χ2v) is 3.60. The van der Waals surface area contributed by atoms with Crippen LogP contribution in [0.4, 0.5) is 0 Å². The van der Waals surface area contributed by atoms with Crippen LogP contribution in [0.1, 0.15) is 32.9 Å². The number of hydrogen-bond acceptors (Lipinski definition) is 1. The zero-order chi connectivity index (χ0) is 8.97. The van der Waals surface area contributed by atoms with Gasteiger partial charge in [-0.15, -0.1) is 0 Å². The predicted octanol–water partition coefficient (Wildman–Crippen LogP) is 2.49. The molecular formula is C10H18N2. The third kappa shape index (κ3) is 2.68. The van der Waals surface area contributed by atoms with E-state index in [-0.39, 0.29) is 0 Å². The summed E-state index contributed by atoms with van der Waals surface area (Å²) in [5.41, 5.74) is 1.23. The Morgan fingerprint density at radius 3 is 2.75 bits per heavy atom. The molecule has 1 aromatic rings. The highest BCUT2D eigenvalue weighted by atomic mass is 15.3. The average molecular weight is 166 g/mol. The van der Waals surface area contributed by atoms with Crippen molar-refractivity contribution in [3.8, 4) is 0 Å². The molecule has 0 radical (unpaired) electrons. The third-order valence-corrected chi connectivity index (χ3v) is 2.00. The molecule has 0 fully saturated rings. The Bertz CT molecular complexity index is 225. The van der Waals surface area contributed by atoms with Crippen LogP contribution in [0.3, 0.4) is 0 Å². The molecule has 0 bridgehead atoms. The lowest BCUT2D eigenvalue weighted by Crippen LogP contribution is -1.97. The van der Waals surface area contributed by atoms with E-state index in [0.717, 1.165) is 18.9 Å². The highest BCUT2D eigenvalue weighted by Gasteiger charge is 1.99. The molecular weight excluding hydrogens is 148 g/mol. The van der Waals surface area contributed by atoms with Gasteiger partial charge in [-0.3, -0.25) is 4.68 Å². The molecule has 1 heterocycles. The van der Waals surface area contributed by atoms with Gasteiger partial charge in [0.25, 0.3) is 0 Å². The Morgan fingerprint density at radius 2 is 2.25 bits per heavy atom. The average Bonchev–Trinajstić information content (AvgIpc) is 2.48. The second kappa shape index (κ2) is 4.29. The molecule has 0 aliphatic carbocycles. The first kappa shape index (κ1) is 9.30. The van der Waals surface area contributed by atoms with E-state index in [1.54, 1.807) is 0 Å². The summed E-state index contributed by atoms with van der Waals surface area (Å²) >= 11 is 0. The van der Waals surface area contributed by atoms with E-state index in [9.17, 15) is 0 Å². The predicted molar refractivity (Wildman–Crippen MR) is 51.1 cm³/mol. The van der Waals surface area contributed by atoms with Crippen molar-refractivity contribution in [2.24, 2.45) is 5.92 Å². The van der Waals surface area contributed by atoms with Crippen LogP contribution in [-0.2, 0) is 13.0 Å². The van der Waals surface area contributed by atoms with Crippen molar-refractivity contribution in [2.75, 3.05) is 0 Å². The number of aryl methyl sites for hydroxylation is 2. The van der Waals surface area contributed by atoms with Gasteiger partial charge in [0.15, 0.2) is 0 Å². The van der Waals surface area contributed by atoms with E-state index in [1.165, 1.54) is 12.1 Å². The van der Waals surface area contributed by atoms with Crippen molar-refractivity contribution in [3.63, 3.8) is 0 Å². The molecule has 0 amide bonds. The van der Waals surface area contributed by atoms with Gasteiger partial charge in [0.1, 0.15) is 0 Å². The monoisotopic (exact) mass is 166 g/mol. The molecule has 2 heteroatoms. The maximum absolute atomic E-state index is 4.42. The van der Waals surface area contributed by atoms with E-state index in [1.807, 2.05) is 4.68 Å². The van der Waals surface area contributed by atoms with Crippen molar-refractivity contribution in [2.45, 2.75) is 40.2 Å². The fraction of sp³-hybridized carbons (Fsp3) is 0.700. The van der Waals surface area contributed by atoms with Crippen molar-refractivity contribution < 1.29 is 0 Å². The molecule has 0 unspecified atom stereocenters. The third-order valence-electron chi connectivity index (χ3n) is 2.00. The van der Waals surface area contributed by atoms with Gasteiger partial charge in [0.05, 0.1) is 5.69 Å². The zero-order valence-electron chi connectivity index (χ0n) is 8.25. The van der Waals surface area contributed by atoms with Crippen LogP contribution in [0.25, 0.3) is 0 Å². The number of hydrogen-bond donors (Lipinski definition) is 0. The maximum atomic E-state index is 4.42. The smallest absolute Gasteiger partial charge is 0.0624 e. The minimum atomic E-state index is 0.775. The summed E-state index contributed by atoms with van der Waals surface area (Å²) in [6.45, 7) is 7.58. The SMILES string of the molecule is CCn1ccc(CCC(C)C)n1. The Hall–Kier alpha value is -0.790. The molecule has 0 spiro atoms. The molecule has 2 nitrogen and oxygen atoms in total. The van der Waals surface area contributed by atoms with Crippen LogP contribution in [0.2, 0.25) is 0 Å². The lowest BCUT2D eigenvalue weighted by molar-refractivity contribution is 0.570. The lowest BCUT2D eigenvalue weighted by Gasteiger charge is -2.00. The summed E-state index contributed by atoms with van der Waals surface area (Å²) in [6, 6.07) is 2.12. The van der Waals surface area contributed by atoms with Gasteiger partial charge in [-0.2, -0.15) is 5.10 Å². The Morgan fingerprint density at radius 1 is 1.50 bits per heavy atom. The van der Waals surface area contributed by atoms with Crippen molar-refractivity contribution in [1.29, 1.82) is 0 Å². The lowest BCUT2D eigenvalue weighted by atomic mass is 10.1. The van der Waals surface area contributed by atoms with Gasteiger partial charge >= 0.3 is 0 Å². The molecule has 1 aromatic heterocycles. The molecule has 68 valence electrons. The van der Waals surface area contributed by atoms with Gasteiger partial charge in [0, 0.05) is 12.7 Å². The minimum absolute atomic E-state index is 0.775. The fourth-order valence-corrected chi connectivity index (χ4v) is 1.15. The second-order valence-electron chi connectivity index (χ2n) is 3.60. The molecule has 0 atom stereocenters. The summed E-state index contributed by atoms with van der Waals surface area (Å²) in [5, 5.41) is 4.42. The van der Waals surface area contributed by atoms with Gasteiger partial charge in [-0.05, 0) is 31.7 Å². The van der Waals surface area contributed by atoms with Gasteiger partial charge in [-0.1, -0.05) is 13.8 Å². The number of aromatic nitrogens is 2. The summed E-state index contributed by atoms with van der Waals surface area (Å²) in [7, 11) is 0. The first-order valence-corrected chi connectivity index (χ1v) is 4.74. The minimum Gasteiger partial charge on any atom is -0.273 e. The summed E-state index contributed by atoms with van der Waals surface area (Å²) in [6.07, 6.45) is 4.40. The van der Waals surface area contributed by atoms with Crippen molar-refractivity contribution >= 4 is 0 Å². The highest BCUT2D eigenvalue weighted by molar-refractivity contribution is 4.98. The van der Waals surface area contributed by atoms with E-state index in [0.29, 0.717) is 0 Å². The summed E-state index contributed by atoms with van der Waals surface area (Å²) in [5.74, 6) is 0.775.